The van der Waals surface area contributed by atoms with Crippen molar-refractivity contribution in [3.05, 3.63) is 33.0 Å². The fourth-order valence-electron chi connectivity index (χ4n) is 2.64. The van der Waals surface area contributed by atoms with E-state index in [9.17, 15) is 4.79 Å². The van der Waals surface area contributed by atoms with Gasteiger partial charge in [-0.25, -0.2) is 0 Å². The zero-order valence-corrected chi connectivity index (χ0v) is 10.2. The molecule has 0 radical (unpaired) electrons. The number of allylic oxidation sites excluding steroid dienone is 2. The molecule has 84 valence electrons. The van der Waals surface area contributed by atoms with E-state index in [0.29, 0.717) is 5.78 Å². The van der Waals surface area contributed by atoms with Gasteiger partial charge in [0, 0.05) is 4.88 Å². The average molecular weight is 232 g/mol. The average Bonchev–Trinajstić information content (AvgIpc) is 2.89. The molecule has 16 heavy (non-hydrogen) atoms. The summed E-state index contributed by atoms with van der Waals surface area (Å²) in [6.07, 6.45) is 10.3. The lowest BCUT2D eigenvalue weighted by Gasteiger charge is -2.10. The van der Waals surface area contributed by atoms with E-state index >= 15 is 0 Å². The number of carbonyl (C=O) groups is 1. The van der Waals surface area contributed by atoms with Crippen LogP contribution < -0.4 is 0 Å². The Morgan fingerprint density at radius 1 is 1.12 bits per heavy atom. The van der Waals surface area contributed by atoms with E-state index in [-0.39, 0.29) is 0 Å². The lowest BCUT2D eigenvalue weighted by molar-refractivity contribution is 0.103. The molecule has 0 unspecified atom stereocenters. The van der Waals surface area contributed by atoms with Gasteiger partial charge in [0.15, 0.2) is 5.78 Å². The van der Waals surface area contributed by atoms with Gasteiger partial charge >= 0.3 is 0 Å². The standard InChI is InChI=1S/C14H16OS/c15-14(10-5-2-1-3-6-10)13-9-11-7-4-8-12(11)16-13/h5,9H,1-4,6-8H2. The number of fused-ring (bicyclic) bond motifs is 1. The van der Waals surface area contributed by atoms with Gasteiger partial charge in [0.2, 0.25) is 0 Å². The molecule has 0 fully saturated rings. The number of hydrogen-bond donors (Lipinski definition) is 0. The van der Waals surface area contributed by atoms with Crippen LogP contribution in [0.4, 0.5) is 0 Å². The predicted molar refractivity (Wildman–Crippen MR) is 67.2 cm³/mol. The maximum Gasteiger partial charge on any atom is 0.198 e. The SMILES string of the molecule is O=C(C1=CCCCC1)c1cc2c(s1)CCC2. The highest BCUT2D eigenvalue weighted by molar-refractivity contribution is 7.14. The first-order chi connectivity index (χ1) is 7.84. The Morgan fingerprint density at radius 2 is 2.06 bits per heavy atom. The van der Waals surface area contributed by atoms with Crippen molar-refractivity contribution in [2.45, 2.75) is 44.9 Å². The number of carbonyl (C=O) groups excluding carboxylic acids is 1. The highest BCUT2D eigenvalue weighted by Crippen LogP contribution is 2.33. The van der Waals surface area contributed by atoms with E-state index in [1.54, 1.807) is 11.3 Å². The molecule has 0 aromatic carbocycles. The van der Waals surface area contributed by atoms with Gasteiger partial charge in [-0.15, -0.1) is 11.3 Å². The van der Waals surface area contributed by atoms with Crippen molar-refractivity contribution >= 4 is 17.1 Å². The molecule has 0 saturated heterocycles. The summed E-state index contributed by atoms with van der Waals surface area (Å²) < 4.78 is 0. The molecule has 2 heteroatoms. The predicted octanol–water partition coefficient (Wildman–Crippen LogP) is 3.92. The summed E-state index contributed by atoms with van der Waals surface area (Å²) >= 11 is 1.73. The minimum atomic E-state index is 0.305. The van der Waals surface area contributed by atoms with E-state index in [1.807, 2.05) is 0 Å². The minimum Gasteiger partial charge on any atom is -0.288 e. The van der Waals surface area contributed by atoms with Crippen molar-refractivity contribution in [3.63, 3.8) is 0 Å². The largest absolute Gasteiger partial charge is 0.288 e. The highest BCUT2D eigenvalue weighted by Gasteiger charge is 2.21. The van der Waals surface area contributed by atoms with Crippen LogP contribution in [0.15, 0.2) is 17.7 Å². The van der Waals surface area contributed by atoms with Crippen molar-refractivity contribution in [2.24, 2.45) is 0 Å². The van der Waals surface area contributed by atoms with Crippen LogP contribution in [0.5, 0.6) is 0 Å². The van der Waals surface area contributed by atoms with E-state index in [2.05, 4.69) is 12.1 Å². The van der Waals surface area contributed by atoms with Gasteiger partial charge in [0.25, 0.3) is 0 Å². The van der Waals surface area contributed by atoms with Crippen LogP contribution in [0.2, 0.25) is 0 Å². The normalized spacial score (nSPS) is 19.4. The van der Waals surface area contributed by atoms with Crippen LogP contribution in [0.1, 0.15) is 52.2 Å². The lowest BCUT2D eigenvalue weighted by atomic mass is 9.96. The number of rotatable bonds is 2. The number of aryl methyl sites for hydroxylation is 2. The highest BCUT2D eigenvalue weighted by atomic mass is 32.1. The van der Waals surface area contributed by atoms with Crippen molar-refractivity contribution in [3.8, 4) is 0 Å². The summed E-state index contributed by atoms with van der Waals surface area (Å²) in [5, 5.41) is 0. The van der Waals surface area contributed by atoms with E-state index in [0.717, 1.165) is 23.3 Å². The molecule has 0 bridgehead atoms. The second kappa shape index (κ2) is 4.17. The molecule has 1 aromatic heterocycles. The van der Waals surface area contributed by atoms with Crippen LogP contribution in [0.25, 0.3) is 0 Å². The zero-order valence-electron chi connectivity index (χ0n) is 9.42. The summed E-state index contributed by atoms with van der Waals surface area (Å²) in [6.45, 7) is 0. The molecular weight excluding hydrogens is 216 g/mol. The van der Waals surface area contributed by atoms with Gasteiger partial charge < -0.3 is 0 Å². The molecular formula is C14H16OS. The van der Waals surface area contributed by atoms with E-state index in [1.165, 1.54) is 42.5 Å². The van der Waals surface area contributed by atoms with Crippen LogP contribution >= 0.6 is 11.3 Å². The molecule has 0 atom stereocenters. The minimum absolute atomic E-state index is 0.305. The zero-order chi connectivity index (χ0) is 11.0. The lowest BCUT2D eigenvalue weighted by Crippen LogP contribution is -2.04. The molecule has 2 aliphatic carbocycles. The Bertz CT molecular complexity index is 432. The Hall–Kier alpha value is -0.890. The number of Topliss-reactive ketones (excluding diaryl/α,β-unsaturated/α-hetero) is 1. The third kappa shape index (κ3) is 1.75. The second-order valence-corrected chi connectivity index (χ2v) is 5.85. The summed E-state index contributed by atoms with van der Waals surface area (Å²) in [5.41, 5.74) is 2.50. The quantitative estimate of drug-likeness (QED) is 0.706. The fraction of sp³-hybridized carbons (Fsp3) is 0.500. The molecule has 0 N–H and O–H groups in total. The van der Waals surface area contributed by atoms with Crippen molar-refractivity contribution in [2.75, 3.05) is 0 Å². The summed E-state index contributed by atoms with van der Waals surface area (Å²) in [7, 11) is 0. The van der Waals surface area contributed by atoms with Crippen molar-refractivity contribution in [1.29, 1.82) is 0 Å². The third-order valence-corrected chi connectivity index (χ3v) is 4.79. The van der Waals surface area contributed by atoms with Gasteiger partial charge in [0.1, 0.15) is 0 Å². The Kier molecular flexibility index (Phi) is 2.68. The maximum atomic E-state index is 12.2. The van der Waals surface area contributed by atoms with Gasteiger partial charge in [-0.1, -0.05) is 6.08 Å². The summed E-state index contributed by atoms with van der Waals surface area (Å²) in [5.74, 6) is 0.305. The Labute approximate surface area is 100 Å². The molecule has 1 heterocycles. The van der Waals surface area contributed by atoms with Gasteiger partial charge in [-0.2, -0.15) is 0 Å². The first kappa shape index (κ1) is 10.3. The van der Waals surface area contributed by atoms with Crippen LogP contribution in [0, 0.1) is 0 Å². The van der Waals surface area contributed by atoms with Crippen molar-refractivity contribution < 1.29 is 4.79 Å². The molecule has 0 amide bonds. The Balaban J connectivity index is 1.86. The second-order valence-electron chi connectivity index (χ2n) is 4.72. The van der Waals surface area contributed by atoms with Crippen LogP contribution in [0.3, 0.4) is 0 Å². The van der Waals surface area contributed by atoms with Crippen LogP contribution in [-0.2, 0) is 12.8 Å². The maximum absolute atomic E-state index is 12.2. The van der Waals surface area contributed by atoms with Crippen molar-refractivity contribution in [1.82, 2.24) is 0 Å². The van der Waals surface area contributed by atoms with E-state index < -0.39 is 0 Å². The molecule has 1 aromatic rings. The summed E-state index contributed by atoms with van der Waals surface area (Å²) in [6, 6.07) is 2.14. The monoisotopic (exact) mass is 232 g/mol. The fourth-order valence-corrected chi connectivity index (χ4v) is 3.87. The molecule has 0 saturated carbocycles. The van der Waals surface area contributed by atoms with Crippen LogP contribution in [-0.4, -0.2) is 5.78 Å². The summed E-state index contributed by atoms with van der Waals surface area (Å²) in [4.78, 5) is 14.7. The molecule has 2 aliphatic rings. The Morgan fingerprint density at radius 3 is 2.81 bits per heavy atom. The molecule has 1 nitrogen and oxygen atoms in total. The van der Waals surface area contributed by atoms with Gasteiger partial charge in [-0.3, -0.25) is 4.79 Å². The third-order valence-electron chi connectivity index (χ3n) is 3.55. The molecule has 0 spiro atoms. The smallest absolute Gasteiger partial charge is 0.198 e. The molecule has 3 rings (SSSR count). The van der Waals surface area contributed by atoms with Gasteiger partial charge in [0.05, 0.1) is 4.88 Å². The first-order valence-corrected chi connectivity index (χ1v) is 7.01. The number of hydrogen-bond acceptors (Lipinski definition) is 2. The number of ketones is 1. The first-order valence-electron chi connectivity index (χ1n) is 6.20. The molecule has 0 aliphatic heterocycles. The van der Waals surface area contributed by atoms with Gasteiger partial charge in [-0.05, 0) is 62.1 Å². The number of thiophene rings is 1. The van der Waals surface area contributed by atoms with E-state index in [4.69, 9.17) is 0 Å². The topological polar surface area (TPSA) is 17.1 Å².